The second-order valence-corrected chi connectivity index (χ2v) is 9.70. The Bertz CT molecular complexity index is 1060. The average Bonchev–Trinajstić information content (AvgIpc) is 3.16. The van der Waals surface area contributed by atoms with Crippen LogP contribution in [0.4, 0.5) is 0 Å². The number of benzene rings is 2. The van der Waals surface area contributed by atoms with Gasteiger partial charge in [0.1, 0.15) is 11.5 Å². The van der Waals surface area contributed by atoms with Crippen LogP contribution >= 0.6 is 0 Å². The fourth-order valence-corrected chi connectivity index (χ4v) is 3.70. The number of para-hydroxylation sites is 1. The number of hydrogen-bond donors (Lipinski definition) is 1. The van der Waals surface area contributed by atoms with Gasteiger partial charge in [0, 0.05) is 26.7 Å². The van der Waals surface area contributed by atoms with E-state index < -0.39 is 6.10 Å². The Morgan fingerprint density at radius 1 is 1.00 bits per heavy atom. The van der Waals surface area contributed by atoms with Crippen LogP contribution in [0.15, 0.2) is 54.6 Å². The zero-order valence-electron chi connectivity index (χ0n) is 22.2. The van der Waals surface area contributed by atoms with Gasteiger partial charge in [0.25, 0.3) is 0 Å². The number of aromatic nitrogens is 2. The number of aryl methyl sites for hydroxylation is 1. The lowest BCUT2D eigenvalue weighted by Crippen LogP contribution is -2.38. The smallest absolute Gasteiger partial charge is 0.227 e. The summed E-state index contributed by atoms with van der Waals surface area (Å²) in [5.41, 5.74) is 2.38. The van der Waals surface area contributed by atoms with Gasteiger partial charge in [0.05, 0.1) is 49.0 Å². The molecule has 0 fully saturated rings. The van der Waals surface area contributed by atoms with Crippen LogP contribution < -0.4 is 9.47 Å². The van der Waals surface area contributed by atoms with Crippen molar-refractivity contribution in [2.24, 2.45) is 0 Å². The molecule has 0 aliphatic carbocycles. The molecule has 2 aromatic carbocycles. The Labute approximate surface area is 214 Å². The first-order chi connectivity index (χ1) is 17.2. The van der Waals surface area contributed by atoms with Crippen molar-refractivity contribution in [3.05, 3.63) is 65.9 Å². The van der Waals surface area contributed by atoms with Crippen LogP contribution in [0, 0.1) is 6.92 Å². The minimum absolute atomic E-state index is 0.254. The molecule has 1 atom stereocenters. The van der Waals surface area contributed by atoms with Crippen LogP contribution in [0.1, 0.15) is 32.0 Å². The van der Waals surface area contributed by atoms with Gasteiger partial charge < -0.3 is 24.1 Å². The minimum atomic E-state index is -0.642. The van der Waals surface area contributed by atoms with Crippen LogP contribution in [0.5, 0.6) is 17.4 Å². The van der Waals surface area contributed by atoms with E-state index in [1.54, 1.807) is 14.2 Å². The highest BCUT2D eigenvalue weighted by atomic mass is 16.5. The Balaban J connectivity index is 1.91. The van der Waals surface area contributed by atoms with Crippen molar-refractivity contribution in [1.29, 1.82) is 0 Å². The summed E-state index contributed by atoms with van der Waals surface area (Å²) in [7, 11) is 3.31. The zero-order valence-corrected chi connectivity index (χ0v) is 22.2. The Hall–Kier alpha value is -2.91. The van der Waals surface area contributed by atoms with Crippen LogP contribution in [0.3, 0.4) is 0 Å². The summed E-state index contributed by atoms with van der Waals surface area (Å²) in [5.74, 6) is 2.07. The largest absolute Gasteiger partial charge is 0.497 e. The van der Waals surface area contributed by atoms with Gasteiger partial charge in [-0.3, -0.25) is 4.90 Å². The van der Waals surface area contributed by atoms with E-state index in [-0.39, 0.29) is 12.2 Å². The van der Waals surface area contributed by atoms with Gasteiger partial charge in [-0.1, -0.05) is 18.2 Å². The molecule has 0 bridgehead atoms. The molecule has 3 aromatic rings. The third-order valence-corrected chi connectivity index (χ3v) is 5.58. The maximum Gasteiger partial charge on any atom is 0.227 e. The molecule has 0 amide bonds. The maximum atomic E-state index is 10.7. The zero-order chi connectivity index (χ0) is 26.1. The Kier molecular flexibility index (Phi) is 9.89. The molecule has 0 radical (unpaired) electrons. The molecule has 3 rings (SSSR count). The molecule has 8 heteroatoms. The van der Waals surface area contributed by atoms with E-state index in [0.717, 1.165) is 22.7 Å². The first-order valence-corrected chi connectivity index (χ1v) is 12.2. The van der Waals surface area contributed by atoms with Crippen LogP contribution in [0.25, 0.3) is 5.69 Å². The van der Waals surface area contributed by atoms with Crippen molar-refractivity contribution in [2.75, 3.05) is 40.5 Å². The van der Waals surface area contributed by atoms with E-state index in [0.29, 0.717) is 37.9 Å². The van der Waals surface area contributed by atoms with Crippen molar-refractivity contribution in [3.8, 4) is 23.1 Å². The molecule has 0 aliphatic heterocycles. The lowest BCUT2D eigenvalue weighted by Gasteiger charge is -2.27. The molecule has 1 aromatic heterocycles. The van der Waals surface area contributed by atoms with Crippen molar-refractivity contribution in [3.63, 3.8) is 0 Å². The molecule has 0 spiro atoms. The molecule has 36 heavy (non-hydrogen) atoms. The molecule has 196 valence electrons. The molecular formula is C28H39N3O5. The van der Waals surface area contributed by atoms with Gasteiger partial charge in [-0.05, 0) is 64.1 Å². The van der Waals surface area contributed by atoms with E-state index in [1.807, 2.05) is 87.0 Å². The summed E-state index contributed by atoms with van der Waals surface area (Å²) in [4.78, 5) is 2.14. The Morgan fingerprint density at radius 2 is 1.67 bits per heavy atom. The highest BCUT2D eigenvalue weighted by Gasteiger charge is 2.23. The molecular weight excluding hydrogens is 458 g/mol. The summed E-state index contributed by atoms with van der Waals surface area (Å²) in [5, 5.41) is 15.5. The number of rotatable bonds is 13. The number of ether oxygens (including phenoxy) is 4. The van der Waals surface area contributed by atoms with E-state index in [1.165, 1.54) is 0 Å². The van der Waals surface area contributed by atoms with E-state index in [9.17, 15) is 5.11 Å². The van der Waals surface area contributed by atoms with Gasteiger partial charge in [-0.15, -0.1) is 0 Å². The first kappa shape index (κ1) is 27.7. The molecule has 8 nitrogen and oxygen atoms in total. The second-order valence-electron chi connectivity index (χ2n) is 9.70. The van der Waals surface area contributed by atoms with Gasteiger partial charge >= 0.3 is 0 Å². The first-order valence-electron chi connectivity index (χ1n) is 12.2. The lowest BCUT2D eigenvalue weighted by molar-refractivity contribution is -0.0577. The molecule has 1 heterocycles. The maximum absolute atomic E-state index is 10.7. The number of aliphatic hydroxyl groups excluding tert-OH is 1. The number of hydrogen-bond acceptors (Lipinski definition) is 7. The fourth-order valence-electron chi connectivity index (χ4n) is 3.70. The molecule has 0 aliphatic rings. The summed E-state index contributed by atoms with van der Waals surface area (Å²) < 4.78 is 24.7. The summed E-state index contributed by atoms with van der Waals surface area (Å²) in [6, 6.07) is 17.4. The summed E-state index contributed by atoms with van der Waals surface area (Å²) in [6.45, 7) is 10.3. The highest BCUT2D eigenvalue weighted by molar-refractivity contribution is 5.44. The third-order valence-electron chi connectivity index (χ3n) is 5.58. The summed E-state index contributed by atoms with van der Waals surface area (Å²) >= 11 is 0. The lowest BCUT2D eigenvalue weighted by atomic mass is 10.2. The van der Waals surface area contributed by atoms with Crippen LogP contribution in [-0.2, 0) is 16.0 Å². The van der Waals surface area contributed by atoms with Gasteiger partial charge in [-0.2, -0.15) is 5.10 Å². The Morgan fingerprint density at radius 3 is 2.28 bits per heavy atom. The van der Waals surface area contributed by atoms with Crippen LogP contribution in [0.2, 0.25) is 0 Å². The SMILES string of the molecule is COCCN(Cc1c(C)nn(-c2ccccc2)c1Oc1ccc(OC)cc1)C[C@@H](O)COC(C)(C)C. The fraction of sp³-hybridized carbons (Fsp3) is 0.464. The quantitative estimate of drug-likeness (QED) is 0.370. The molecule has 0 saturated carbocycles. The highest BCUT2D eigenvalue weighted by Crippen LogP contribution is 2.32. The van der Waals surface area contributed by atoms with Crippen molar-refractivity contribution in [1.82, 2.24) is 14.7 Å². The normalized spacial score (nSPS) is 12.7. The van der Waals surface area contributed by atoms with E-state index in [2.05, 4.69) is 4.90 Å². The van der Waals surface area contributed by atoms with Crippen molar-refractivity contribution in [2.45, 2.75) is 45.9 Å². The van der Waals surface area contributed by atoms with Gasteiger partial charge in [0.2, 0.25) is 5.88 Å². The third kappa shape index (κ3) is 8.06. The van der Waals surface area contributed by atoms with Crippen molar-refractivity contribution < 1.29 is 24.1 Å². The number of methoxy groups -OCH3 is 2. The predicted octanol–water partition coefficient (Wildman–Crippen LogP) is 4.61. The molecule has 1 N–H and O–H groups in total. The van der Waals surface area contributed by atoms with Gasteiger partial charge in [-0.25, -0.2) is 4.68 Å². The van der Waals surface area contributed by atoms with Crippen LogP contribution in [-0.4, -0.2) is 72.0 Å². The van der Waals surface area contributed by atoms with E-state index >= 15 is 0 Å². The predicted molar refractivity (Wildman–Crippen MR) is 140 cm³/mol. The van der Waals surface area contributed by atoms with Gasteiger partial charge in [0.15, 0.2) is 0 Å². The standard InChI is InChI=1S/C28H39N3O5/c1-21-26(19-30(16-17-33-5)18-23(32)20-35-28(2,3)4)27(31(29-21)22-10-8-7-9-11-22)36-25-14-12-24(34-6)13-15-25/h7-15,23,32H,16-20H2,1-6H3/t23-/m1/s1. The number of nitrogens with zero attached hydrogens (tertiary/aromatic N) is 3. The number of aliphatic hydroxyl groups is 1. The summed E-state index contributed by atoms with van der Waals surface area (Å²) in [6.07, 6.45) is -0.642. The molecule has 0 unspecified atom stereocenters. The minimum Gasteiger partial charge on any atom is -0.497 e. The average molecular weight is 498 g/mol. The monoisotopic (exact) mass is 497 g/mol. The molecule has 0 saturated heterocycles. The van der Waals surface area contributed by atoms with Crippen molar-refractivity contribution >= 4 is 0 Å². The van der Waals surface area contributed by atoms with E-state index in [4.69, 9.17) is 24.0 Å². The topological polar surface area (TPSA) is 78.2 Å². The second kappa shape index (κ2) is 12.9.